The molecule has 0 aliphatic heterocycles. The third-order valence-electron chi connectivity index (χ3n) is 4.81. The molecule has 0 heterocycles. The molecule has 32 heavy (non-hydrogen) atoms. The third kappa shape index (κ3) is 5.16. The highest BCUT2D eigenvalue weighted by Gasteiger charge is 2.36. The van der Waals surface area contributed by atoms with E-state index in [0.717, 1.165) is 4.31 Å². The van der Waals surface area contributed by atoms with Crippen molar-refractivity contribution in [2.24, 2.45) is 5.73 Å². The van der Waals surface area contributed by atoms with Crippen LogP contribution < -0.4 is 5.73 Å². The normalized spacial score (nSPS) is 12.3. The number of carbonyl (C=O) groups is 2. The number of hydrogen-bond donors (Lipinski definition) is 1. The Bertz CT molecular complexity index is 1200. The number of benzene rings is 3. The van der Waals surface area contributed by atoms with Gasteiger partial charge in [0.1, 0.15) is 6.04 Å². The van der Waals surface area contributed by atoms with Crippen LogP contribution in [0.15, 0.2) is 83.8 Å². The van der Waals surface area contributed by atoms with E-state index in [0.29, 0.717) is 21.7 Å². The summed E-state index contributed by atoms with van der Waals surface area (Å²) >= 11 is 5.91. The van der Waals surface area contributed by atoms with Crippen LogP contribution >= 0.6 is 11.6 Å². The van der Waals surface area contributed by atoms with Crippen molar-refractivity contribution in [1.29, 1.82) is 0 Å². The lowest BCUT2D eigenvalue weighted by Crippen LogP contribution is -2.41. The Hall–Kier alpha value is -3.20. The summed E-state index contributed by atoms with van der Waals surface area (Å²) in [5, 5.41) is 0.378. The summed E-state index contributed by atoms with van der Waals surface area (Å²) in [5.41, 5.74) is 6.98. The van der Waals surface area contributed by atoms with E-state index in [1.54, 1.807) is 42.5 Å². The monoisotopic (exact) mass is 472 g/mol. The third-order valence-corrected chi connectivity index (χ3v) is 6.88. The second-order valence-corrected chi connectivity index (χ2v) is 9.24. The van der Waals surface area contributed by atoms with Crippen LogP contribution in [-0.2, 0) is 26.1 Å². The number of esters is 1. The maximum Gasteiger partial charge on any atom is 0.337 e. The van der Waals surface area contributed by atoms with Crippen LogP contribution in [0.1, 0.15) is 27.5 Å². The number of nitrogens with two attached hydrogens (primary N) is 1. The Labute approximate surface area is 191 Å². The number of hydrogen-bond acceptors (Lipinski definition) is 5. The topological polar surface area (TPSA) is 107 Å². The van der Waals surface area contributed by atoms with E-state index in [4.69, 9.17) is 17.3 Å². The molecule has 3 aromatic rings. The predicted molar refractivity (Wildman–Crippen MR) is 120 cm³/mol. The van der Waals surface area contributed by atoms with Gasteiger partial charge in [-0.1, -0.05) is 54.1 Å². The molecule has 3 aromatic carbocycles. The molecule has 1 unspecified atom stereocenters. The molecule has 0 fully saturated rings. The molecule has 0 aliphatic rings. The van der Waals surface area contributed by atoms with Gasteiger partial charge in [0.2, 0.25) is 15.9 Å². The molecule has 1 atom stereocenters. The van der Waals surface area contributed by atoms with Gasteiger partial charge in [0.05, 0.1) is 17.6 Å². The van der Waals surface area contributed by atoms with Gasteiger partial charge in [-0.05, 0) is 47.5 Å². The minimum absolute atomic E-state index is 0.0322. The highest BCUT2D eigenvalue weighted by Crippen LogP contribution is 2.30. The number of halogens is 1. The summed E-state index contributed by atoms with van der Waals surface area (Å²) < 4.78 is 32.9. The number of amides is 1. The lowest BCUT2D eigenvalue weighted by molar-refractivity contribution is -0.122. The molecule has 0 radical (unpaired) electrons. The predicted octanol–water partition coefficient (Wildman–Crippen LogP) is 3.54. The van der Waals surface area contributed by atoms with Crippen LogP contribution in [0.3, 0.4) is 0 Å². The summed E-state index contributed by atoms with van der Waals surface area (Å²) in [6.07, 6.45) is 0. The molecular weight excluding hydrogens is 452 g/mol. The first-order valence-electron chi connectivity index (χ1n) is 9.53. The number of carbonyl (C=O) groups excluding carboxylic acids is 2. The van der Waals surface area contributed by atoms with E-state index in [1.807, 2.05) is 0 Å². The van der Waals surface area contributed by atoms with Crippen molar-refractivity contribution in [2.45, 2.75) is 17.5 Å². The van der Waals surface area contributed by atoms with Crippen molar-refractivity contribution >= 4 is 33.5 Å². The highest BCUT2D eigenvalue weighted by molar-refractivity contribution is 7.89. The summed E-state index contributed by atoms with van der Waals surface area (Å²) in [5.74, 6) is -1.33. The number of primary amides is 1. The van der Waals surface area contributed by atoms with Gasteiger partial charge in [0.15, 0.2) is 0 Å². The van der Waals surface area contributed by atoms with Crippen molar-refractivity contribution < 1.29 is 22.7 Å². The fourth-order valence-corrected chi connectivity index (χ4v) is 4.91. The number of ether oxygens (including phenoxy) is 1. The lowest BCUT2D eigenvalue weighted by atomic mass is 10.1. The Balaban J connectivity index is 2.09. The fourth-order valence-electron chi connectivity index (χ4n) is 3.21. The van der Waals surface area contributed by atoms with Crippen molar-refractivity contribution in [3.05, 3.63) is 101 Å². The summed E-state index contributed by atoms with van der Waals surface area (Å²) in [6.45, 7) is -0.158. The Morgan fingerprint density at radius 1 is 0.969 bits per heavy atom. The first-order chi connectivity index (χ1) is 15.2. The first kappa shape index (κ1) is 23.5. The van der Waals surface area contributed by atoms with Gasteiger partial charge in [-0.25, -0.2) is 13.2 Å². The molecular formula is C23H21ClN2O5S. The number of methoxy groups -OCH3 is 1. The van der Waals surface area contributed by atoms with Gasteiger partial charge >= 0.3 is 5.97 Å². The highest BCUT2D eigenvalue weighted by atomic mass is 35.5. The van der Waals surface area contributed by atoms with E-state index in [-0.39, 0.29) is 11.4 Å². The summed E-state index contributed by atoms with van der Waals surface area (Å²) in [4.78, 5) is 24.1. The first-order valence-corrected chi connectivity index (χ1v) is 11.3. The van der Waals surface area contributed by atoms with Crippen LogP contribution in [0.5, 0.6) is 0 Å². The molecule has 7 nitrogen and oxygen atoms in total. The average molecular weight is 473 g/mol. The molecule has 9 heteroatoms. The molecule has 166 valence electrons. The van der Waals surface area contributed by atoms with Crippen LogP contribution in [0.4, 0.5) is 0 Å². The molecule has 2 N–H and O–H groups in total. The maximum absolute atomic E-state index is 13.6. The Morgan fingerprint density at radius 2 is 1.56 bits per heavy atom. The number of rotatable bonds is 8. The molecule has 0 saturated heterocycles. The van der Waals surface area contributed by atoms with Gasteiger partial charge in [-0.3, -0.25) is 4.79 Å². The smallest absolute Gasteiger partial charge is 0.337 e. The summed E-state index contributed by atoms with van der Waals surface area (Å²) in [6, 6.07) is 19.1. The zero-order chi connectivity index (χ0) is 23.3. The Morgan fingerprint density at radius 3 is 2.09 bits per heavy atom. The molecule has 0 saturated carbocycles. The van der Waals surface area contributed by atoms with E-state index in [2.05, 4.69) is 4.74 Å². The molecule has 0 aliphatic carbocycles. The minimum Gasteiger partial charge on any atom is -0.465 e. The maximum atomic E-state index is 13.6. The van der Waals surface area contributed by atoms with E-state index in [1.165, 1.54) is 43.5 Å². The fraction of sp³-hybridized carbons (Fsp3) is 0.130. The van der Waals surface area contributed by atoms with Gasteiger partial charge < -0.3 is 10.5 Å². The number of sulfonamides is 1. The van der Waals surface area contributed by atoms with Crippen molar-refractivity contribution in [2.75, 3.05) is 7.11 Å². The summed E-state index contributed by atoms with van der Waals surface area (Å²) in [7, 11) is -2.89. The second kappa shape index (κ2) is 9.95. The van der Waals surface area contributed by atoms with Crippen molar-refractivity contribution in [1.82, 2.24) is 4.31 Å². The number of nitrogens with zero attached hydrogens (tertiary/aromatic N) is 1. The van der Waals surface area contributed by atoms with Crippen LogP contribution in [-0.4, -0.2) is 31.7 Å². The quantitative estimate of drug-likeness (QED) is 0.504. The second-order valence-electron chi connectivity index (χ2n) is 6.91. The molecule has 0 aromatic heterocycles. The molecule has 0 spiro atoms. The Kier molecular flexibility index (Phi) is 7.29. The lowest BCUT2D eigenvalue weighted by Gasteiger charge is -2.29. The minimum atomic E-state index is -4.16. The van der Waals surface area contributed by atoms with Gasteiger partial charge in [-0.15, -0.1) is 0 Å². The van der Waals surface area contributed by atoms with Crippen molar-refractivity contribution in [3.63, 3.8) is 0 Å². The zero-order valence-corrected chi connectivity index (χ0v) is 18.7. The standard InChI is InChI=1S/C23H21ClN2O5S/c1-31-23(28)18-9-7-16(8-10-18)15-26(21(22(25)27)17-5-3-2-4-6-17)32(29,30)20-13-11-19(24)12-14-20/h2-14,21H,15H2,1H3,(H2,25,27). The van der Waals surface area contributed by atoms with E-state index < -0.39 is 27.9 Å². The SMILES string of the molecule is COC(=O)c1ccc(CN(C(C(N)=O)c2ccccc2)S(=O)(=O)c2ccc(Cl)cc2)cc1. The average Bonchev–Trinajstić information content (AvgIpc) is 2.79. The van der Waals surface area contributed by atoms with Crippen LogP contribution in [0.25, 0.3) is 0 Å². The largest absolute Gasteiger partial charge is 0.465 e. The molecule has 1 amide bonds. The van der Waals surface area contributed by atoms with Crippen LogP contribution in [0, 0.1) is 0 Å². The molecule has 0 bridgehead atoms. The van der Waals surface area contributed by atoms with Gasteiger partial charge in [0, 0.05) is 11.6 Å². The van der Waals surface area contributed by atoms with E-state index >= 15 is 0 Å². The van der Waals surface area contributed by atoms with Crippen molar-refractivity contribution in [3.8, 4) is 0 Å². The van der Waals surface area contributed by atoms with E-state index in [9.17, 15) is 18.0 Å². The molecule has 3 rings (SSSR count). The van der Waals surface area contributed by atoms with Gasteiger partial charge in [-0.2, -0.15) is 4.31 Å². The van der Waals surface area contributed by atoms with Crippen LogP contribution in [0.2, 0.25) is 5.02 Å². The van der Waals surface area contributed by atoms with Gasteiger partial charge in [0.25, 0.3) is 0 Å². The zero-order valence-electron chi connectivity index (χ0n) is 17.1.